The van der Waals surface area contributed by atoms with E-state index in [1.165, 1.54) is 0 Å². The molecule has 9 heteroatoms. The van der Waals surface area contributed by atoms with E-state index in [4.69, 9.17) is 5.11 Å². The zero-order chi connectivity index (χ0) is 16.9. The van der Waals surface area contributed by atoms with Crippen LogP contribution < -0.4 is 10.2 Å². The third-order valence-electron chi connectivity index (χ3n) is 3.95. The Balaban J connectivity index is 1.51. The molecule has 1 saturated heterocycles. The van der Waals surface area contributed by atoms with Crippen molar-refractivity contribution in [1.29, 1.82) is 0 Å². The first kappa shape index (κ1) is 16.4. The quantitative estimate of drug-likeness (QED) is 0.792. The van der Waals surface area contributed by atoms with E-state index in [0.29, 0.717) is 39.1 Å². The number of fused-ring (bicyclic) bond motifs is 1. The van der Waals surface area contributed by atoms with Crippen LogP contribution in [0.3, 0.4) is 0 Å². The van der Waals surface area contributed by atoms with Crippen LogP contribution in [-0.2, 0) is 4.79 Å². The lowest BCUT2D eigenvalue weighted by atomic mass is 10.3. The lowest BCUT2D eigenvalue weighted by Gasteiger charge is -2.35. The van der Waals surface area contributed by atoms with Crippen molar-refractivity contribution in [2.45, 2.75) is 12.8 Å². The maximum absolute atomic E-state index is 12.1. The minimum absolute atomic E-state index is 0.0679. The van der Waals surface area contributed by atoms with Gasteiger partial charge in [-0.15, -0.1) is 11.3 Å². The second-order valence-electron chi connectivity index (χ2n) is 5.54. The average molecular weight is 349 g/mol. The molecule has 0 saturated carbocycles. The molecule has 3 heterocycles. The number of carboxylic acids is 1. The Kier molecular flexibility index (Phi) is 5.09. The molecular formula is C15H19N5O3S. The summed E-state index contributed by atoms with van der Waals surface area (Å²) in [5.41, 5.74) is 0. The molecule has 3 rings (SSSR count). The summed E-state index contributed by atoms with van der Waals surface area (Å²) in [4.78, 5) is 36.1. The van der Waals surface area contributed by atoms with Crippen molar-refractivity contribution < 1.29 is 14.7 Å². The highest BCUT2D eigenvalue weighted by Crippen LogP contribution is 2.27. The molecule has 1 aliphatic rings. The fourth-order valence-corrected chi connectivity index (χ4v) is 3.42. The van der Waals surface area contributed by atoms with Gasteiger partial charge in [-0.05, 0) is 17.9 Å². The molecule has 8 nitrogen and oxygen atoms in total. The van der Waals surface area contributed by atoms with Gasteiger partial charge in [0.15, 0.2) is 0 Å². The molecule has 0 aliphatic carbocycles. The number of rotatable bonds is 5. The maximum Gasteiger partial charge on any atom is 0.317 e. The van der Waals surface area contributed by atoms with E-state index in [9.17, 15) is 9.59 Å². The molecule has 2 aromatic heterocycles. The molecule has 0 unspecified atom stereocenters. The molecule has 1 aliphatic heterocycles. The summed E-state index contributed by atoms with van der Waals surface area (Å²) in [6.07, 6.45) is 2.09. The lowest BCUT2D eigenvalue weighted by Crippen LogP contribution is -2.52. The molecule has 128 valence electrons. The van der Waals surface area contributed by atoms with Crippen molar-refractivity contribution in [3.63, 3.8) is 0 Å². The van der Waals surface area contributed by atoms with Crippen LogP contribution in [0, 0.1) is 0 Å². The summed E-state index contributed by atoms with van der Waals surface area (Å²) in [5.74, 6) is 0.0743. The number of carboxylic acid groups (broad SMARTS) is 1. The van der Waals surface area contributed by atoms with Gasteiger partial charge in [0.25, 0.3) is 0 Å². The molecule has 0 aromatic carbocycles. The standard InChI is InChI=1S/C15H19N5O3S/c21-12(22)2-1-4-16-15(23)20-7-5-19(6-8-20)13-11-3-9-24-14(11)18-10-17-13/h3,9-10H,1-2,4-8H2,(H,16,23)(H,21,22). The number of carbonyl (C=O) groups excluding carboxylic acids is 1. The summed E-state index contributed by atoms with van der Waals surface area (Å²) in [6.45, 7) is 3.03. The Hall–Kier alpha value is -2.42. The van der Waals surface area contributed by atoms with Crippen LogP contribution in [0.1, 0.15) is 12.8 Å². The Morgan fingerprint density at radius 1 is 1.25 bits per heavy atom. The SMILES string of the molecule is O=C(O)CCCNC(=O)N1CCN(c2ncnc3sccc23)CC1. The highest BCUT2D eigenvalue weighted by Gasteiger charge is 2.23. The van der Waals surface area contributed by atoms with Gasteiger partial charge in [-0.3, -0.25) is 4.79 Å². The van der Waals surface area contributed by atoms with E-state index < -0.39 is 5.97 Å². The number of nitrogens with zero attached hydrogens (tertiary/aromatic N) is 4. The van der Waals surface area contributed by atoms with E-state index in [0.717, 1.165) is 16.0 Å². The molecule has 0 atom stereocenters. The number of urea groups is 1. The van der Waals surface area contributed by atoms with Crippen molar-refractivity contribution in [2.24, 2.45) is 0 Å². The summed E-state index contributed by atoms with van der Waals surface area (Å²) < 4.78 is 0. The Bertz CT molecular complexity index is 727. The number of aromatic nitrogens is 2. The van der Waals surface area contributed by atoms with Gasteiger partial charge in [-0.2, -0.15) is 0 Å². The fourth-order valence-electron chi connectivity index (χ4n) is 2.70. The van der Waals surface area contributed by atoms with Gasteiger partial charge < -0.3 is 20.2 Å². The van der Waals surface area contributed by atoms with Crippen LogP contribution in [0.5, 0.6) is 0 Å². The predicted molar refractivity (Wildman–Crippen MR) is 91.5 cm³/mol. The zero-order valence-corrected chi connectivity index (χ0v) is 14.0. The molecule has 2 N–H and O–H groups in total. The summed E-state index contributed by atoms with van der Waals surface area (Å²) in [6, 6.07) is 1.89. The van der Waals surface area contributed by atoms with E-state index in [1.807, 2.05) is 11.4 Å². The highest BCUT2D eigenvalue weighted by molar-refractivity contribution is 7.16. The van der Waals surface area contributed by atoms with Gasteiger partial charge in [-0.1, -0.05) is 0 Å². The Labute approximate surface area is 143 Å². The number of amides is 2. The normalized spacial score (nSPS) is 14.8. The van der Waals surface area contributed by atoms with Crippen LogP contribution in [0.15, 0.2) is 17.8 Å². The minimum atomic E-state index is -0.845. The maximum atomic E-state index is 12.1. The van der Waals surface area contributed by atoms with Gasteiger partial charge in [-0.25, -0.2) is 14.8 Å². The number of thiophene rings is 1. The van der Waals surface area contributed by atoms with Gasteiger partial charge in [0.1, 0.15) is 17.0 Å². The van der Waals surface area contributed by atoms with Crippen molar-refractivity contribution in [1.82, 2.24) is 20.2 Å². The Morgan fingerprint density at radius 2 is 2.04 bits per heavy atom. The number of anilines is 1. The third-order valence-corrected chi connectivity index (χ3v) is 4.77. The first-order valence-corrected chi connectivity index (χ1v) is 8.71. The molecule has 1 fully saturated rings. The van der Waals surface area contributed by atoms with Gasteiger partial charge in [0, 0.05) is 39.1 Å². The summed E-state index contributed by atoms with van der Waals surface area (Å²) in [7, 11) is 0. The molecule has 0 spiro atoms. The smallest absolute Gasteiger partial charge is 0.317 e. The average Bonchev–Trinajstić information content (AvgIpc) is 3.07. The van der Waals surface area contributed by atoms with Crippen LogP contribution in [0.25, 0.3) is 10.2 Å². The largest absolute Gasteiger partial charge is 0.481 e. The predicted octanol–water partition coefficient (Wildman–Crippen LogP) is 1.39. The van der Waals surface area contributed by atoms with Crippen LogP contribution >= 0.6 is 11.3 Å². The monoisotopic (exact) mass is 349 g/mol. The summed E-state index contributed by atoms with van der Waals surface area (Å²) >= 11 is 1.59. The third kappa shape index (κ3) is 3.73. The molecule has 0 bridgehead atoms. The Morgan fingerprint density at radius 3 is 2.79 bits per heavy atom. The first-order valence-electron chi connectivity index (χ1n) is 7.83. The fraction of sp³-hybridized carbons (Fsp3) is 0.467. The van der Waals surface area contributed by atoms with Crippen molar-refractivity contribution in [2.75, 3.05) is 37.6 Å². The number of hydrogen-bond donors (Lipinski definition) is 2. The van der Waals surface area contributed by atoms with E-state index >= 15 is 0 Å². The number of piperazine rings is 1. The topological polar surface area (TPSA) is 98.7 Å². The minimum Gasteiger partial charge on any atom is -0.481 e. The van der Waals surface area contributed by atoms with Crippen molar-refractivity contribution in [3.8, 4) is 0 Å². The first-order chi connectivity index (χ1) is 11.6. The molecule has 2 amide bonds. The van der Waals surface area contributed by atoms with E-state index in [1.54, 1.807) is 22.6 Å². The lowest BCUT2D eigenvalue weighted by molar-refractivity contribution is -0.137. The number of aliphatic carboxylic acids is 1. The van der Waals surface area contributed by atoms with Crippen LogP contribution in [0.2, 0.25) is 0 Å². The zero-order valence-electron chi connectivity index (χ0n) is 13.1. The molecule has 24 heavy (non-hydrogen) atoms. The molecule has 0 radical (unpaired) electrons. The van der Waals surface area contributed by atoms with Gasteiger partial charge in [0.2, 0.25) is 0 Å². The number of nitrogens with one attached hydrogen (secondary N) is 1. The second kappa shape index (κ2) is 7.43. The van der Waals surface area contributed by atoms with Gasteiger partial charge >= 0.3 is 12.0 Å². The van der Waals surface area contributed by atoms with Crippen molar-refractivity contribution in [3.05, 3.63) is 17.8 Å². The number of carbonyl (C=O) groups is 2. The van der Waals surface area contributed by atoms with E-state index in [-0.39, 0.29) is 12.5 Å². The van der Waals surface area contributed by atoms with Crippen LogP contribution in [-0.4, -0.2) is 64.7 Å². The number of hydrogen-bond acceptors (Lipinski definition) is 6. The van der Waals surface area contributed by atoms with Gasteiger partial charge in [0.05, 0.1) is 5.39 Å². The molecule has 2 aromatic rings. The van der Waals surface area contributed by atoms with E-state index in [2.05, 4.69) is 20.2 Å². The van der Waals surface area contributed by atoms with Crippen LogP contribution in [0.4, 0.5) is 10.6 Å². The molecular weight excluding hydrogens is 330 g/mol. The van der Waals surface area contributed by atoms with Crippen molar-refractivity contribution >= 4 is 39.4 Å². The summed E-state index contributed by atoms with van der Waals surface area (Å²) in [5, 5.41) is 14.4. The second-order valence-corrected chi connectivity index (χ2v) is 6.43. The highest BCUT2D eigenvalue weighted by atomic mass is 32.1.